The van der Waals surface area contributed by atoms with Gasteiger partial charge in [-0.05, 0) is 0 Å². The van der Waals surface area contributed by atoms with E-state index >= 15 is 0 Å². The Kier molecular flexibility index (Phi) is 3.02. The van der Waals surface area contributed by atoms with Gasteiger partial charge in [0.2, 0.25) is 0 Å². The summed E-state index contributed by atoms with van der Waals surface area (Å²) in [6.07, 6.45) is -4.45. The molecule has 1 aliphatic heterocycles. The van der Waals surface area contributed by atoms with Crippen LogP contribution in [-0.2, 0) is 28.7 Å². The van der Waals surface area contributed by atoms with E-state index in [4.69, 9.17) is 20.4 Å². The first-order chi connectivity index (χ1) is 7.72. The van der Waals surface area contributed by atoms with E-state index in [0.29, 0.717) is 0 Å². The van der Waals surface area contributed by atoms with Gasteiger partial charge in [-0.2, -0.15) is 0 Å². The molecule has 0 radical (unpaired) electrons. The van der Waals surface area contributed by atoms with E-state index in [0.717, 1.165) is 0 Å². The highest BCUT2D eigenvalue weighted by molar-refractivity contribution is 6.01. The molecule has 0 amide bonds. The topological polar surface area (TPSA) is 168 Å². The number of hydrogen-bond acceptors (Lipinski definition) is 6. The maximum Gasteiger partial charge on any atom is 0.377 e. The number of aliphatic carboxylic acids is 4. The zero-order chi connectivity index (χ0) is 13.4. The molecule has 1 aliphatic rings. The van der Waals surface area contributed by atoms with Crippen LogP contribution >= 0.6 is 0 Å². The van der Waals surface area contributed by atoms with E-state index in [9.17, 15) is 19.2 Å². The van der Waals surface area contributed by atoms with Crippen molar-refractivity contribution < 1.29 is 49.1 Å². The zero-order valence-corrected chi connectivity index (χ0v) is 7.89. The molecule has 10 heteroatoms. The lowest BCUT2D eigenvalue weighted by Gasteiger charge is -2.16. The highest BCUT2D eigenvalue weighted by atomic mass is 16.8. The minimum absolute atomic E-state index is 1.85. The van der Waals surface area contributed by atoms with Gasteiger partial charge in [0.05, 0.1) is 0 Å². The number of carbonyl (C=O) groups is 4. The fourth-order valence-corrected chi connectivity index (χ4v) is 1.16. The first kappa shape index (κ1) is 12.9. The Hall–Kier alpha value is -2.20. The van der Waals surface area contributed by atoms with Crippen molar-refractivity contribution in [3.63, 3.8) is 0 Å². The van der Waals surface area contributed by atoms with Gasteiger partial charge >= 0.3 is 29.7 Å². The normalized spacial score (nSPS) is 26.4. The highest BCUT2D eigenvalue weighted by Gasteiger charge is 2.63. The molecule has 10 nitrogen and oxygen atoms in total. The van der Waals surface area contributed by atoms with Gasteiger partial charge in [-0.25, -0.2) is 19.2 Å². The Morgan fingerprint density at radius 1 is 0.765 bits per heavy atom. The number of carboxylic acids is 4. The second kappa shape index (κ2) is 3.99. The van der Waals surface area contributed by atoms with E-state index in [1.54, 1.807) is 0 Å². The lowest BCUT2D eigenvalue weighted by atomic mass is 10.2. The predicted molar refractivity (Wildman–Crippen MR) is 43.0 cm³/mol. The first-order valence-electron chi connectivity index (χ1n) is 4.00. The molecule has 1 heterocycles. The third-order valence-electron chi connectivity index (χ3n) is 1.91. The molecule has 2 atom stereocenters. The monoisotopic (exact) mass is 250 g/mol. The van der Waals surface area contributed by atoms with Crippen molar-refractivity contribution in [1.82, 2.24) is 0 Å². The van der Waals surface area contributed by atoms with Crippen molar-refractivity contribution >= 4 is 23.9 Å². The summed E-state index contributed by atoms with van der Waals surface area (Å²) in [5.41, 5.74) is 0. The van der Waals surface area contributed by atoms with Crippen LogP contribution in [0.3, 0.4) is 0 Å². The Labute approximate surface area is 92.0 Å². The SMILES string of the molecule is O=C(O)[C@@H]1OC(C(=O)O)(C(=O)O)O[C@H]1C(=O)O. The summed E-state index contributed by atoms with van der Waals surface area (Å²) in [5, 5.41) is 34.4. The molecule has 0 aromatic rings. The summed E-state index contributed by atoms with van der Waals surface area (Å²) in [5.74, 6) is -11.3. The van der Waals surface area contributed by atoms with E-state index in [1.165, 1.54) is 0 Å². The lowest BCUT2D eigenvalue weighted by Crippen LogP contribution is -2.49. The summed E-state index contributed by atoms with van der Waals surface area (Å²) in [7, 11) is 0. The van der Waals surface area contributed by atoms with Crippen LogP contribution in [0.4, 0.5) is 0 Å². The van der Waals surface area contributed by atoms with Crippen LogP contribution in [-0.4, -0.2) is 62.3 Å². The molecule has 4 N–H and O–H groups in total. The Bertz CT molecular complexity index is 359. The molecule has 0 aromatic carbocycles. The van der Waals surface area contributed by atoms with Crippen LogP contribution in [0.25, 0.3) is 0 Å². The Morgan fingerprint density at radius 3 is 1.24 bits per heavy atom. The molecule has 1 rings (SSSR count). The second-order valence-corrected chi connectivity index (χ2v) is 2.98. The molecule has 0 spiro atoms. The van der Waals surface area contributed by atoms with Gasteiger partial charge in [0.1, 0.15) is 0 Å². The molecule has 17 heavy (non-hydrogen) atoms. The van der Waals surface area contributed by atoms with E-state index in [2.05, 4.69) is 9.47 Å². The maximum atomic E-state index is 10.7. The lowest BCUT2D eigenvalue weighted by molar-refractivity contribution is -0.221. The van der Waals surface area contributed by atoms with Gasteiger partial charge in [-0.15, -0.1) is 0 Å². The average molecular weight is 250 g/mol. The maximum absolute atomic E-state index is 10.7. The molecular weight excluding hydrogens is 244 g/mol. The van der Waals surface area contributed by atoms with Crippen molar-refractivity contribution in [3.8, 4) is 0 Å². The summed E-state index contributed by atoms with van der Waals surface area (Å²) >= 11 is 0. The van der Waals surface area contributed by atoms with Gasteiger partial charge in [-0.3, -0.25) is 0 Å². The molecule has 0 unspecified atom stereocenters. The third-order valence-corrected chi connectivity index (χ3v) is 1.91. The number of carboxylic acid groups (broad SMARTS) is 4. The molecule has 0 saturated carbocycles. The molecule has 0 aromatic heterocycles. The van der Waals surface area contributed by atoms with Crippen LogP contribution in [0.1, 0.15) is 0 Å². The van der Waals surface area contributed by atoms with Crippen LogP contribution in [0.2, 0.25) is 0 Å². The zero-order valence-electron chi connectivity index (χ0n) is 7.89. The second-order valence-electron chi connectivity index (χ2n) is 2.98. The van der Waals surface area contributed by atoms with Crippen molar-refractivity contribution in [3.05, 3.63) is 0 Å². The smallest absolute Gasteiger partial charge is 0.377 e. The Balaban J connectivity index is 3.17. The van der Waals surface area contributed by atoms with Gasteiger partial charge in [-0.1, -0.05) is 0 Å². The Morgan fingerprint density at radius 2 is 1.06 bits per heavy atom. The summed E-state index contributed by atoms with van der Waals surface area (Å²) < 4.78 is 8.41. The first-order valence-corrected chi connectivity index (χ1v) is 4.00. The van der Waals surface area contributed by atoms with Crippen molar-refractivity contribution in [2.45, 2.75) is 18.0 Å². The largest absolute Gasteiger partial charge is 0.479 e. The third kappa shape index (κ3) is 1.90. The fourth-order valence-electron chi connectivity index (χ4n) is 1.16. The van der Waals surface area contributed by atoms with Gasteiger partial charge < -0.3 is 29.9 Å². The van der Waals surface area contributed by atoms with Gasteiger partial charge in [0, 0.05) is 0 Å². The predicted octanol–water partition coefficient (Wildman–Crippen LogP) is -2.19. The highest BCUT2D eigenvalue weighted by Crippen LogP contribution is 2.30. The van der Waals surface area contributed by atoms with Crippen molar-refractivity contribution in [2.75, 3.05) is 0 Å². The quantitative estimate of drug-likeness (QED) is 0.402. The van der Waals surface area contributed by atoms with E-state index in [-0.39, 0.29) is 0 Å². The number of rotatable bonds is 4. The molecule has 1 saturated heterocycles. The summed E-state index contributed by atoms with van der Waals surface area (Å²) in [4.78, 5) is 42.6. The molecule has 0 aliphatic carbocycles. The molecule has 0 bridgehead atoms. The van der Waals surface area contributed by atoms with Gasteiger partial charge in [0.15, 0.2) is 12.2 Å². The number of hydrogen-bond donors (Lipinski definition) is 4. The van der Waals surface area contributed by atoms with Gasteiger partial charge in [0.25, 0.3) is 0 Å². The standard InChI is InChI=1S/C7H6O10/c8-3(9)1-2(4(10)11)17-7(16-1,5(12)13)6(14)15/h1-2H,(H,8,9)(H,10,11)(H,12,13)(H,14,15)/t1-,2-/m1/s1. The molecular formula is C7H6O10. The summed E-state index contributed by atoms with van der Waals surface area (Å²) in [6, 6.07) is 0. The molecule has 94 valence electrons. The fraction of sp³-hybridized carbons (Fsp3) is 0.429. The van der Waals surface area contributed by atoms with Crippen LogP contribution in [0.15, 0.2) is 0 Å². The summed E-state index contributed by atoms with van der Waals surface area (Å²) in [6.45, 7) is 0. The minimum atomic E-state index is -3.33. The minimum Gasteiger partial charge on any atom is -0.479 e. The van der Waals surface area contributed by atoms with E-state index < -0.39 is 41.9 Å². The van der Waals surface area contributed by atoms with Crippen LogP contribution in [0.5, 0.6) is 0 Å². The van der Waals surface area contributed by atoms with Crippen LogP contribution in [0, 0.1) is 0 Å². The van der Waals surface area contributed by atoms with E-state index in [1.807, 2.05) is 0 Å². The average Bonchev–Trinajstić information content (AvgIpc) is 2.58. The van der Waals surface area contributed by atoms with Crippen LogP contribution < -0.4 is 0 Å². The molecule has 1 fully saturated rings. The number of ether oxygens (including phenoxy) is 2. The van der Waals surface area contributed by atoms with Crippen molar-refractivity contribution in [2.24, 2.45) is 0 Å². The van der Waals surface area contributed by atoms with Crippen molar-refractivity contribution in [1.29, 1.82) is 0 Å².